The van der Waals surface area contributed by atoms with Gasteiger partial charge in [0.1, 0.15) is 0 Å². The van der Waals surface area contributed by atoms with E-state index < -0.39 is 11.8 Å². The van der Waals surface area contributed by atoms with Crippen molar-refractivity contribution in [3.8, 4) is 17.1 Å². The number of hydrogen-bond acceptors (Lipinski definition) is 5. The highest BCUT2D eigenvalue weighted by Crippen LogP contribution is 2.21. The van der Waals surface area contributed by atoms with Crippen molar-refractivity contribution in [3.05, 3.63) is 83.4 Å². The van der Waals surface area contributed by atoms with Crippen molar-refractivity contribution in [2.24, 2.45) is 7.05 Å². The molecule has 0 bridgehead atoms. The first-order valence-corrected chi connectivity index (χ1v) is 9.64. The average Bonchev–Trinajstić information content (AvgIpc) is 3.34. The normalized spacial score (nSPS) is 10.7. The Balaban J connectivity index is 1.60. The Morgan fingerprint density at radius 2 is 1.45 bits per heavy atom. The molecule has 2 aromatic heterocycles. The van der Waals surface area contributed by atoms with E-state index in [1.165, 1.54) is 0 Å². The number of benzene rings is 2. The smallest absolute Gasteiger partial charge is 0.272 e. The van der Waals surface area contributed by atoms with Gasteiger partial charge in [-0.15, -0.1) is 5.10 Å². The third-order valence-corrected chi connectivity index (χ3v) is 4.87. The molecule has 0 fully saturated rings. The predicted molar refractivity (Wildman–Crippen MR) is 114 cm³/mol. The van der Waals surface area contributed by atoms with Crippen LogP contribution in [-0.2, 0) is 7.05 Å². The van der Waals surface area contributed by atoms with E-state index in [-0.39, 0.29) is 5.82 Å². The van der Waals surface area contributed by atoms with E-state index in [9.17, 15) is 9.59 Å². The summed E-state index contributed by atoms with van der Waals surface area (Å²) in [6.07, 6.45) is 0. The molecule has 9 nitrogen and oxygen atoms in total. The standard InChI is InChI=1S/C22H21N7O2/c1-14-18(15(2)28(3)26-14)21(30)24-25-22(31)19-23-20(16-10-6-4-7-11-16)29(27-19)17-12-8-5-9-13-17/h4-13H,1-3H3,(H,24,30)(H,25,31). The van der Waals surface area contributed by atoms with Gasteiger partial charge >= 0.3 is 5.91 Å². The van der Waals surface area contributed by atoms with Gasteiger partial charge in [0, 0.05) is 18.3 Å². The van der Waals surface area contributed by atoms with Crippen LogP contribution in [0.15, 0.2) is 60.7 Å². The molecule has 0 radical (unpaired) electrons. The number of carbonyl (C=O) groups excluding carboxylic acids is 2. The van der Waals surface area contributed by atoms with Gasteiger partial charge in [-0.25, -0.2) is 9.67 Å². The first-order chi connectivity index (χ1) is 15.0. The summed E-state index contributed by atoms with van der Waals surface area (Å²) in [5.74, 6) is -0.633. The van der Waals surface area contributed by atoms with Crippen LogP contribution in [0.2, 0.25) is 0 Å². The van der Waals surface area contributed by atoms with E-state index in [2.05, 4.69) is 26.0 Å². The van der Waals surface area contributed by atoms with Crippen molar-refractivity contribution >= 4 is 11.8 Å². The molecule has 0 saturated carbocycles. The van der Waals surface area contributed by atoms with Crippen molar-refractivity contribution in [1.29, 1.82) is 0 Å². The fraction of sp³-hybridized carbons (Fsp3) is 0.136. The zero-order valence-corrected chi connectivity index (χ0v) is 17.3. The van der Waals surface area contributed by atoms with Gasteiger partial charge in [-0.3, -0.25) is 25.1 Å². The Hall–Kier alpha value is -4.27. The molecule has 31 heavy (non-hydrogen) atoms. The zero-order valence-electron chi connectivity index (χ0n) is 17.3. The molecular weight excluding hydrogens is 394 g/mol. The van der Waals surface area contributed by atoms with E-state index in [1.807, 2.05) is 60.7 Å². The maximum absolute atomic E-state index is 12.7. The van der Waals surface area contributed by atoms with Crippen LogP contribution in [0.4, 0.5) is 0 Å². The molecule has 0 spiro atoms. The van der Waals surface area contributed by atoms with Crippen LogP contribution in [0, 0.1) is 13.8 Å². The number of rotatable bonds is 4. The van der Waals surface area contributed by atoms with Gasteiger partial charge in [0.05, 0.1) is 16.9 Å². The lowest BCUT2D eigenvalue weighted by Crippen LogP contribution is -2.42. The number of aryl methyl sites for hydroxylation is 2. The second kappa shape index (κ2) is 8.23. The predicted octanol–water partition coefficient (Wildman–Crippen LogP) is 2.36. The van der Waals surface area contributed by atoms with Gasteiger partial charge in [0.25, 0.3) is 5.91 Å². The van der Waals surface area contributed by atoms with Crippen LogP contribution in [-0.4, -0.2) is 36.4 Å². The Morgan fingerprint density at radius 3 is 2.06 bits per heavy atom. The first-order valence-electron chi connectivity index (χ1n) is 9.64. The maximum atomic E-state index is 12.7. The van der Waals surface area contributed by atoms with E-state index in [4.69, 9.17) is 0 Å². The number of aromatic nitrogens is 5. The molecule has 0 aliphatic rings. The number of para-hydroxylation sites is 1. The van der Waals surface area contributed by atoms with Crippen LogP contribution in [0.1, 0.15) is 32.4 Å². The summed E-state index contributed by atoms with van der Waals surface area (Å²) >= 11 is 0. The largest absolute Gasteiger partial charge is 0.309 e. The molecule has 0 aliphatic carbocycles. The van der Waals surface area contributed by atoms with Crippen LogP contribution in [0.5, 0.6) is 0 Å². The number of hydrogen-bond donors (Lipinski definition) is 2. The molecule has 0 atom stereocenters. The molecule has 2 amide bonds. The third-order valence-electron chi connectivity index (χ3n) is 4.87. The molecule has 156 valence electrons. The quantitative estimate of drug-likeness (QED) is 0.498. The minimum atomic E-state index is -0.626. The van der Waals surface area contributed by atoms with Crippen LogP contribution in [0.3, 0.4) is 0 Å². The van der Waals surface area contributed by atoms with Crippen LogP contribution < -0.4 is 10.9 Å². The van der Waals surface area contributed by atoms with Crippen molar-refractivity contribution < 1.29 is 9.59 Å². The Bertz CT molecular complexity index is 1190. The fourth-order valence-corrected chi connectivity index (χ4v) is 3.27. The van der Waals surface area contributed by atoms with Crippen molar-refractivity contribution in [1.82, 2.24) is 35.4 Å². The summed E-state index contributed by atoms with van der Waals surface area (Å²) in [6.45, 7) is 3.52. The highest BCUT2D eigenvalue weighted by molar-refractivity contribution is 5.99. The third kappa shape index (κ3) is 3.93. The van der Waals surface area contributed by atoms with Crippen molar-refractivity contribution in [3.63, 3.8) is 0 Å². The fourth-order valence-electron chi connectivity index (χ4n) is 3.27. The lowest BCUT2D eigenvalue weighted by molar-refractivity contribution is 0.0840. The molecule has 4 rings (SSSR count). The highest BCUT2D eigenvalue weighted by atomic mass is 16.2. The lowest BCUT2D eigenvalue weighted by Gasteiger charge is -2.06. The number of amides is 2. The van der Waals surface area contributed by atoms with Crippen molar-refractivity contribution in [2.75, 3.05) is 0 Å². The first kappa shape index (κ1) is 20.0. The molecule has 9 heteroatoms. The van der Waals surface area contributed by atoms with Gasteiger partial charge in [-0.2, -0.15) is 5.10 Å². The summed E-state index contributed by atoms with van der Waals surface area (Å²) in [6, 6.07) is 18.9. The molecule has 2 N–H and O–H groups in total. The Labute approximate surface area is 178 Å². The molecule has 2 heterocycles. The topological polar surface area (TPSA) is 107 Å². The minimum Gasteiger partial charge on any atom is -0.272 e. The second-order valence-corrected chi connectivity index (χ2v) is 6.95. The second-order valence-electron chi connectivity index (χ2n) is 6.95. The molecule has 0 unspecified atom stereocenters. The van der Waals surface area contributed by atoms with Gasteiger partial charge in [0.2, 0.25) is 5.82 Å². The van der Waals surface area contributed by atoms with Crippen LogP contribution in [0.25, 0.3) is 17.1 Å². The SMILES string of the molecule is Cc1nn(C)c(C)c1C(=O)NNC(=O)c1nc(-c2ccccc2)n(-c2ccccc2)n1. The maximum Gasteiger partial charge on any atom is 0.309 e. The Morgan fingerprint density at radius 1 is 0.839 bits per heavy atom. The van der Waals surface area contributed by atoms with E-state index in [0.29, 0.717) is 22.8 Å². The van der Waals surface area contributed by atoms with E-state index in [1.54, 1.807) is 30.3 Å². The highest BCUT2D eigenvalue weighted by Gasteiger charge is 2.21. The summed E-state index contributed by atoms with van der Waals surface area (Å²) in [5.41, 5.74) is 8.06. The van der Waals surface area contributed by atoms with Gasteiger partial charge in [-0.1, -0.05) is 48.5 Å². The number of nitrogens with zero attached hydrogens (tertiary/aromatic N) is 5. The average molecular weight is 415 g/mol. The number of hydrazine groups is 1. The molecule has 2 aromatic carbocycles. The molecule has 4 aromatic rings. The lowest BCUT2D eigenvalue weighted by atomic mass is 10.2. The van der Waals surface area contributed by atoms with E-state index >= 15 is 0 Å². The summed E-state index contributed by atoms with van der Waals surface area (Å²) in [5, 5.41) is 8.59. The minimum absolute atomic E-state index is 0.0670. The summed E-state index contributed by atoms with van der Waals surface area (Å²) in [7, 11) is 1.75. The van der Waals surface area contributed by atoms with Gasteiger partial charge in [-0.05, 0) is 26.0 Å². The molecule has 0 saturated heterocycles. The summed E-state index contributed by atoms with van der Waals surface area (Å²) in [4.78, 5) is 29.6. The molecule has 0 aliphatic heterocycles. The van der Waals surface area contributed by atoms with Crippen LogP contribution >= 0.6 is 0 Å². The number of carbonyl (C=O) groups is 2. The monoisotopic (exact) mass is 415 g/mol. The van der Waals surface area contributed by atoms with Gasteiger partial charge in [0.15, 0.2) is 5.82 Å². The van der Waals surface area contributed by atoms with E-state index in [0.717, 1.165) is 11.3 Å². The Kier molecular flexibility index (Phi) is 5.31. The molecular formula is C22H21N7O2. The number of nitrogens with one attached hydrogen (secondary N) is 2. The zero-order chi connectivity index (χ0) is 22.0. The van der Waals surface area contributed by atoms with Gasteiger partial charge < -0.3 is 0 Å². The van der Waals surface area contributed by atoms with Crippen molar-refractivity contribution in [2.45, 2.75) is 13.8 Å². The summed E-state index contributed by atoms with van der Waals surface area (Å²) < 4.78 is 3.21.